The molecule has 17 heavy (non-hydrogen) atoms. The topological polar surface area (TPSA) is 60.2 Å². The first-order chi connectivity index (χ1) is 8.11. The Morgan fingerprint density at radius 1 is 1.24 bits per heavy atom. The Morgan fingerprint density at radius 3 is 2.53 bits per heavy atom. The second kappa shape index (κ2) is 5.19. The minimum absolute atomic E-state index is 0.291. The Kier molecular flexibility index (Phi) is 3.84. The van der Waals surface area contributed by atoms with Gasteiger partial charge in [-0.2, -0.15) is 0 Å². The summed E-state index contributed by atoms with van der Waals surface area (Å²) in [5.41, 5.74) is 8.11. The summed E-state index contributed by atoms with van der Waals surface area (Å²) in [5, 5.41) is 0. The van der Waals surface area contributed by atoms with Gasteiger partial charge in [-0.1, -0.05) is 24.3 Å². The zero-order valence-electron chi connectivity index (χ0n) is 9.93. The zero-order valence-corrected chi connectivity index (χ0v) is 10.7. The molecule has 1 fully saturated rings. The van der Waals surface area contributed by atoms with Gasteiger partial charge in [0.25, 0.3) is 0 Å². The van der Waals surface area contributed by atoms with Gasteiger partial charge in [0.15, 0.2) is 9.84 Å². The first-order valence-corrected chi connectivity index (χ1v) is 7.90. The summed E-state index contributed by atoms with van der Waals surface area (Å²) < 4.78 is 22.8. The Labute approximate surface area is 103 Å². The Morgan fingerprint density at radius 2 is 1.94 bits per heavy atom. The Hall–Kier alpha value is -0.870. The summed E-state index contributed by atoms with van der Waals surface area (Å²) in [5.74, 6) is 1.000. The van der Waals surface area contributed by atoms with Crippen molar-refractivity contribution < 1.29 is 8.42 Å². The van der Waals surface area contributed by atoms with E-state index in [1.165, 1.54) is 11.1 Å². The van der Waals surface area contributed by atoms with E-state index in [9.17, 15) is 8.42 Å². The van der Waals surface area contributed by atoms with Gasteiger partial charge in [-0.15, -0.1) is 0 Å². The monoisotopic (exact) mass is 253 g/mol. The van der Waals surface area contributed by atoms with E-state index in [-0.39, 0.29) is 0 Å². The van der Waals surface area contributed by atoms with Gasteiger partial charge >= 0.3 is 0 Å². The molecule has 1 aromatic rings. The number of hydrogen-bond acceptors (Lipinski definition) is 3. The third-order valence-electron chi connectivity index (χ3n) is 3.37. The highest BCUT2D eigenvalue weighted by molar-refractivity contribution is 7.91. The highest BCUT2D eigenvalue weighted by Crippen LogP contribution is 2.24. The predicted octanol–water partition coefficient (Wildman–Crippen LogP) is 1.16. The summed E-state index contributed by atoms with van der Waals surface area (Å²) in [7, 11) is -2.77. The van der Waals surface area contributed by atoms with Crippen molar-refractivity contribution in [2.24, 2.45) is 11.7 Å². The van der Waals surface area contributed by atoms with Crippen LogP contribution in [0.3, 0.4) is 0 Å². The summed E-state index contributed by atoms with van der Waals surface area (Å²) >= 11 is 0. The van der Waals surface area contributed by atoms with E-state index in [1.54, 1.807) is 0 Å². The lowest BCUT2D eigenvalue weighted by Gasteiger charge is -2.12. The lowest BCUT2D eigenvalue weighted by Crippen LogP contribution is -2.10. The third kappa shape index (κ3) is 3.30. The molecule has 4 heteroatoms. The van der Waals surface area contributed by atoms with E-state index in [0.717, 1.165) is 19.3 Å². The maximum Gasteiger partial charge on any atom is 0.150 e. The molecule has 1 heterocycles. The fourth-order valence-corrected chi connectivity index (χ4v) is 4.36. The molecule has 1 atom stereocenters. The first-order valence-electron chi connectivity index (χ1n) is 6.08. The molecule has 1 aliphatic rings. The van der Waals surface area contributed by atoms with E-state index in [1.807, 2.05) is 12.1 Å². The van der Waals surface area contributed by atoms with Crippen LogP contribution in [0.25, 0.3) is 0 Å². The van der Waals surface area contributed by atoms with E-state index in [4.69, 9.17) is 5.73 Å². The van der Waals surface area contributed by atoms with Crippen molar-refractivity contribution in [3.05, 3.63) is 35.4 Å². The lowest BCUT2D eigenvalue weighted by atomic mass is 9.94. The molecular formula is C13H19NO2S. The van der Waals surface area contributed by atoms with Gasteiger partial charge in [-0.3, -0.25) is 0 Å². The van der Waals surface area contributed by atoms with Crippen molar-refractivity contribution in [3.63, 3.8) is 0 Å². The van der Waals surface area contributed by atoms with Crippen LogP contribution < -0.4 is 5.73 Å². The number of benzene rings is 1. The van der Waals surface area contributed by atoms with Gasteiger partial charge in [-0.05, 0) is 42.9 Å². The van der Waals surface area contributed by atoms with Gasteiger partial charge in [0, 0.05) is 0 Å². The molecule has 0 saturated carbocycles. The second-order valence-corrected chi connectivity index (χ2v) is 7.01. The van der Waals surface area contributed by atoms with Crippen molar-refractivity contribution in [2.75, 3.05) is 18.1 Å². The van der Waals surface area contributed by atoms with Gasteiger partial charge in [0.2, 0.25) is 0 Å². The van der Waals surface area contributed by atoms with Gasteiger partial charge in [0.05, 0.1) is 11.5 Å². The zero-order chi connectivity index (χ0) is 12.3. The van der Waals surface area contributed by atoms with E-state index in [2.05, 4.69) is 12.1 Å². The van der Waals surface area contributed by atoms with Crippen LogP contribution >= 0.6 is 0 Å². The molecule has 1 saturated heterocycles. The second-order valence-electron chi connectivity index (χ2n) is 4.78. The number of hydrogen-bond donors (Lipinski definition) is 1. The normalized spacial score (nSPS) is 22.8. The van der Waals surface area contributed by atoms with Gasteiger partial charge < -0.3 is 5.73 Å². The molecule has 2 N–H and O–H groups in total. The minimum Gasteiger partial charge on any atom is -0.330 e. The molecule has 94 valence electrons. The average Bonchev–Trinajstić information content (AvgIpc) is 2.61. The Balaban J connectivity index is 2.08. The summed E-state index contributed by atoms with van der Waals surface area (Å²) in [6.07, 6.45) is 2.55. The van der Waals surface area contributed by atoms with Crippen LogP contribution in [0.4, 0.5) is 0 Å². The average molecular weight is 253 g/mol. The molecular weight excluding hydrogens is 234 g/mol. The molecule has 0 radical (unpaired) electrons. The fraction of sp³-hybridized carbons (Fsp3) is 0.538. The molecule has 0 spiro atoms. The SMILES string of the molecule is NCCc1ccccc1CC1CCS(=O)(=O)C1. The van der Waals surface area contributed by atoms with Crippen LogP contribution in [-0.4, -0.2) is 26.5 Å². The maximum atomic E-state index is 11.4. The molecule has 3 nitrogen and oxygen atoms in total. The first kappa shape index (κ1) is 12.6. The van der Waals surface area contributed by atoms with Crippen molar-refractivity contribution in [3.8, 4) is 0 Å². The molecule has 0 aliphatic carbocycles. The maximum absolute atomic E-state index is 11.4. The molecule has 0 aromatic heterocycles. The lowest BCUT2D eigenvalue weighted by molar-refractivity contribution is 0.581. The third-order valence-corrected chi connectivity index (χ3v) is 5.20. The van der Waals surface area contributed by atoms with Gasteiger partial charge in [0.1, 0.15) is 0 Å². The fourth-order valence-electron chi connectivity index (χ4n) is 2.50. The van der Waals surface area contributed by atoms with Crippen LogP contribution in [0.15, 0.2) is 24.3 Å². The molecule has 1 unspecified atom stereocenters. The largest absolute Gasteiger partial charge is 0.330 e. The number of rotatable bonds is 4. The van der Waals surface area contributed by atoms with Crippen molar-refractivity contribution in [1.29, 1.82) is 0 Å². The molecule has 0 bridgehead atoms. The van der Waals surface area contributed by atoms with Crippen LogP contribution in [0.2, 0.25) is 0 Å². The Bertz CT molecular complexity index is 482. The molecule has 0 amide bonds. The number of nitrogens with two attached hydrogens (primary N) is 1. The molecule has 2 rings (SSSR count). The molecule has 1 aromatic carbocycles. The van der Waals surface area contributed by atoms with E-state index >= 15 is 0 Å². The van der Waals surface area contributed by atoms with Crippen molar-refractivity contribution in [1.82, 2.24) is 0 Å². The highest BCUT2D eigenvalue weighted by atomic mass is 32.2. The van der Waals surface area contributed by atoms with E-state index in [0.29, 0.717) is 24.0 Å². The van der Waals surface area contributed by atoms with Crippen LogP contribution in [0.5, 0.6) is 0 Å². The van der Waals surface area contributed by atoms with Gasteiger partial charge in [-0.25, -0.2) is 8.42 Å². The summed E-state index contributed by atoms with van der Waals surface area (Å²) in [6.45, 7) is 0.639. The number of sulfone groups is 1. The van der Waals surface area contributed by atoms with Crippen molar-refractivity contribution >= 4 is 9.84 Å². The quantitative estimate of drug-likeness (QED) is 0.876. The predicted molar refractivity (Wildman–Crippen MR) is 69.7 cm³/mol. The minimum atomic E-state index is -2.77. The van der Waals surface area contributed by atoms with Crippen LogP contribution in [0.1, 0.15) is 17.5 Å². The van der Waals surface area contributed by atoms with Crippen LogP contribution in [0, 0.1) is 5.92 Å². The summed E-state index contributed by atoms with van der Waals surface area (Å²) in [4.78, 5) is 0. The molecule has 1 aliphatic heterocycles. The summed E-state index contributed by atoms with van der Waals surface area (Å²) in [6, 6.07) is 8.21. The van der Waals surface area contributed by atoms with Crippen molar-refractivity contribution in [2.45, 2.75) is 19.3 Å². The smallest absolute Gasteiger partial charge is 0.150 e. The highest BCUT2D eigenvalue weighted by Gasteiger charge is 2.28. The van der Waals surface area contributed by atoms with Crippen LogP contribution in [-0.2, 0) is 22.7 Å². The standard InChI is InChI=1S/C13H19NO2S/c14-7-5-12-3-1-2-4-13(12)9-11-6-8-17(15,16)10-11/h1-4,11H,5-10,14H2. The van der Waals surface area contributed by atoms with E-state index < -0.39 is 9.84 Å².